The quantitative estimate of drug-likeness (QED) is 0.649. The second-order valence-corrected chi connectivity index (χ2v) is 9.61. The molecule has 25 heavy (non-hydrogen) atoms. The molecule has 0 radical (unpaired) electrons. The summed E-state index contributed by atoms with van der Waals surface area (Å²) in [4.78, 5) is 25.2. The molecule has 4 saturated carbocycles. The van der Waals surface area contributed by atoms with E-state index in [1.807, 2.05) is 6.92 Å². The number of fused-ring (bicyclic) bond motifs is 1. The van der Waals surface area contributed by atoms with Crippen LogP contribution in [0.1, 0.15) is 51.9 Å². The van der Waals surface area contributed by atoms with Gasteiger partial charge in [0.15, 0.2) is 0 Å². The first kappa shape index (κ1) is 16.1. The van der Waals surface area contributed by atoms with Crippen LogP contribution in [0.15, 0.2) is 0 Å². The second kappa shape index (κ2) is 4.39. The first-order chi connectivity index (χ1) is 11.7. The van der Waals surface area contributed by atoms with Crippen LogP contribution in [0.3, 0.4) is 0 Å². The molecule has 5 rings (SSSR count). The van der Waals surface area contributed by atoms with Gasteiger partial charge in [-0.3, -0.25) is 9.59 Å². The van der Waals surface area contributed by atoms with Gasteiger partial charge in [0.25, 0.3) is 0 Å². The van der Waals surface area contributed by atoms with Gasteiger partial charge in [0, 0.05) is 11.8 Å². The molecule has 4 bridgehead atoms. The minimum Gasteiger partial charge on any atom is -0.481 e. The number of carbonyl (C=O) groups excluding carboxylic acids is 1. The van der Waals surface area contributed by atoms with Crippen LogP contribution in [0, 0.1) is 34.5 Å². The summed E-state index contributed by atoms with van der Waals surface area (Å²) in [6, 6.07) is 0. The van der Waals surface area contributed by atoms with Gasteiger partial charge in [-0.05, 0) is 63.2 Å². The number of aliphatic hydroxyl groups excluding tert-OH is 1. The minimum atomic E-state index is -1.20. The van der Waals surface area contributed by atoms with Gasteiger partial charge in [0.1, 0.15) is 5.60 Å². The molecule has 138 valence electrons. The molecule has 0 amide bonds. The lowest BCUT2D eigenvalue weighted by Gasteiger charge is -2.43. The van der Waals surface area contributed by atoms with Crippen molar-refractivity contribution in [3.63, 3.8) is 0 Å². The molecule has 1 aliphatic heterocycles. The highest BCUT2D eigenvalue weighted by atomic mass is 16.6. The van der Waals surface area contributed by atoms with E-state index in [0.29, 0.717) is 19.3 Å². The maximum absolute atomic E-state index is 12.7. The van der Waals surface area contributed by atoms with E-state index in [0.717, 1.165) is 25.7 Å². The van der Waals surface area contributed by atoms with Gasteiger partial charge in [0.05, 0.1) is 23.5 Å². The molecular formula is C19H26O6. The monoisotopic (exact) mass is 350 g/mol. The molecule has 6 heteroatoms. The van der Waals surface area contributed by atoms with Crippen molar-refractivity contribution in [1.82, 2.24) is 0 Å². The Hall–Kier alpha value is -1.14. The Bertz CT molecular complexity index is 677. The highest BCUT2D eigenvalue weighted by molar-refractivity contribution is 5.84. The number of esters is 1. The molecule has 5 fully saturated rings. The summed E-state index contributed by atoms with van der Waals surface area (Å²) in [5, 5.41) is 31.0. The fourth-order valence-electron chi connectivity index (χ4n) is 8.14. The molecule has 1 saturated heterocycles. The summed E-state index contributed by atoms with van der Waals surface area (Å²) in [6.07, 6.45) is 4.77. The van der Waals surface area contributed by atoms with Gasteiger partial charge in [0.2, 0.25) is 0 Å². The third-order valence-electron chi connectivity index (χ3n) is 8.83. The molecule has 1 spiro atoms. The van der Waals surface area contributed by atoms with Crippen molar-refractivity contribution in [1.29, 1.82) is 0 Å². The Morgan fingerprint density at radius 3 is 2.76 bits per heavy atom. The number of aliphatic hydroxyl groups is 2. The number of carboxylic acid groups (broad SMARTS) is 1. The second-order valence-electron chi connectivity index (χ2n) is 9.61. The lowest BCUT2D eigenvalue weighted by molar-refractivity contribution is -0.160. The van der Waals surface area contributed by atoms with Crippen LogP contribution >= 0.6 is 0 Å². The first-order valence-electron chi connectivity index (χ1n) is 9.53. The zero-order valence-electron chi connectivity index (χ0n) is 14.5. The van der Waals surface area contributed by atoms with Gasteiger partial charge >= 0.3 is 11.9 Å². The van der Waals surface area contributed by atoms with Crippen molar-refractivity contribution in [3.8, 4) is 0 Å². The summed E-state index contributed by atoms with van der Waals surface area (Å²) < 4.78 is 6.05. The van der Waals surface area contributed by atoms with E-state index in [1.165, 1.54) is 0 Å². The van der Waals surface area contributed by atoms with Crippen LogP contribution in [-0.2, 0) is 14.3 Å². The molecule has 0 unspecified atom stereocenters. The predicted octanol–water partition coefficient (Wildman–Crippen LogP) is 1.33. The van der Waals surface area contributed by atoms with Crippen molar-refractivity contribution >= 4 is 11.9 Å². The van der Waals surface area contributed by atoms with E-state index in [1.54, 1.807) is 0 Å². The molecule has 5 aliphatic rings. The third kappa shape index (κ3) is 1.52. The van der Waals surface area contributed by atoms with Gasteiger partial charge in [-0.15, -0.1) is 0 Å². The van der Waals surface area contributed by atoms with Crippen molar-refractivity contribution in [2.75, 3.05) is 6.61 Å². The summed E-state index contributed by atoms with van der Waals surface area (Å²) in [5.74, 6) is -2.18. The highest BCUT2D eigenvalue weighted by Gasteiger charge is 2.83. The van der Waals surface area contributed by atoms with E-state index >= 15 is 0 Å². The number of carboxylic acids is 1. The van der Waals surface area contributed by atoms with Crippen LogP contribution in [-0.4, -0.2) is 45.1 Å². The maximum atomic E-state index is 12.7. The summed E-state index contributed by atoms with van der Waals surface area (Å²) >= 11 is 0. The van der Waals surface area contributed by atoms with Gasteiger partial charge < -0.3 is 20.1 Å². The number of hydrogen-bond acceptors (Lipinski definition) is 5. The molecule has 0 aromatic rings. The fraction of sp³-hybridized carbons (Fsp3) is 0.895. The zero-order valence-corrected chi connectivity index (χ0v) is 14.5. The van der Waals surface area contributed by atoms with Crippen LogP contribution < -0.4 is 0 Å². The maximum Gasteiger partial charge on any atom is 0.312 e. The molecule has 0 aromatic carbocycles. The molecule has 6 nitrogen and oxygen atoms in total. The fourth-order valence-corrected chi connectivity index (χ4v) is 8.14. The molecule has 0 aromatic heterocycles. The largest absolute Gasteiger partial charge is 0.481 e. The predicted molar refractivity (Wildman–Crippen MR) is 85.3 cm³/mol. The van der Waals surface area contributed by atoms with E-state index in [-0.39, 0.29) is 30.3 Å². The topological polar surface area (TPSA) is 104 Å². The summed E-state index contributed by atoms with van der Waals surface area (Å²) in [7, 11) is 0. The summed E-state index contributed by atoms with van der Waals surface area (Å²) in [6.45, 7) is 1.56. The Morgan fingerprint density at radius 1 is 1.32 bits per heavy atom. The number of hydrogen-bond donors (Lipinski definition) is 3. The average Bonchev–Trinajstić information content (AvgIpc) is 2.98. The van der Waals surface area contributed by atoms with Crippen LogP contribution in [0.4, 0.5) is 0 Å². The third-order valence-corrected chi connectivity index (χ3v) is 8.83. The van der Waals surface area contributed by atoms with Crippen molar-refractivity contribution in [2.24, 2.45) is 34.5 Å². The van der Waals surface area contributed by atoms with E-state index in [4.69, 9.17) is 4.74 Å². The molecule has 3 N–H and O–H groups in total. The lowest BCUT2D eigenvalue weighted by atomic mass is 9.60. The number of aliphatic carboxylic acids is 1. The van der Waals surface area contributed by atoms with Crippen molar-refractivity contribution in [2.45, 2.75) is 63.1 Å². The highest BCUT2D eigenvalue weighted by Crippen LogP contribution is 2.78. The van der Waals surface area contributed by atoms with Gasteiger partial charge in [-0.1, -0.05) is 0 Å². The average molecular weight is 350 g/mol. The normalized spacial score (nSPS) is 58.6. The van der Waals surface area contributed by atoms with E-state index in [2.05, 4.69) is 0 Å². The lowest BCUT2D eigenvalue weighted by Crippen LogP contribution is -2.47. The van der Waals surface area contributed by atoms with Crippen LogP contribution in [0.25, 0.3) is 0 Å². The number of carbonyl (C=O) groups is 2. The van der Waals surface area contributed by atoms with Gasteiger partial charge in [-0.2, -0.15) is 0 Å². The Balaban J connectivity index is 1.72. The Kier molecular flexibility index (Phi) is 2.82. The van der Waals surface area contributed by atoms with Crippen molar-refractivity contribution in [3.05, 3.63) is 0 Å². The van der Waals surface area contributed by atoms with E-state index in [9.17, 15) is 24.9 Å². The van der Waals surface area contributed by atoms with Gasteiger partial charge in [-0.25, -0.2) is 0 Å². The van der Waals surface area contributed by atoms with E-state index < -0.39 is 33.9 Å². The van der Waals surface area contributed by atoms with Crippen LogP contribution in [0.5, 0.6) is 0 Å². The van der Waals surface area contributed by atoms with Crippen LogP contribution in [0.2, 0.25) is 0 Å². The Labute approximate surface area is 146 Å². The summed E-state index contributed by atoms with van der Waals surface area (Å²) in [5.41, 5.74) is -3.18. The number of rotatable bonds is 2. The van der Waals surface area contributed by atoms with Crippen molar-refractivity contribution < 1.29 is 29.6 Å². The standard InChI is InChI=1S/C19H26O6/c1-16-5-2-6-19(25-15(16)23)11-4-3-10-7-17(11,8-18(10,24)9-20)12(13(16)19)14(21)22/h10-13,20,24H,2-9H2,1H3,(H,21,22)/t10-,11-,12-,13-,16+,17-,18+,19-/m1/s1. The molecule has 4 aliphatic carbocycles. The zero-order chi connectivity index (χ0) is 17.8. The number of ether oxygens (including phenoxy) is 1. The smallest absolute Gasteiger partial charge is 0.312 e. The minimum absolute atomic E-state index is 0.0194. The Morgan fingerprint density at radius 2 is 2.08 bits per heavy atom. The molecule has 8 atom stereocenters. The molecule has 1 heterocycles. The first-order valence-corrected chi connectivity index (χ1v) is 9.53. The SMILES string of the molecule is C[C@@]12CCC[C@@]3(OC1=O)[C@@H]1CC[C@@H]4C[C@]1(C[C@]4(O)CO)[C@@H](C(=O)O)[C@@H]32. The molecular weight excluding hydrogens is 324 g/mol.